The minimum Gasteiger partial charge on any atom is -0.311 e. The Bertz CT molecular complexity index is 3390. The number of nitrogens with zero attached hydrogens (tertiary/aromatic N) is 2. The molecule has 72 heavy (non-hydrogen) atoms. The first kappa shape index (κ1) is 48.8. The maximum Gasteiger partial charge on any atom is 0.291 e. The first-order valence-electron chi connectivity index (χ1n) is 26.4. The molecule has 0 bridgehead atoms. The maximum absolute atomic E-state index is 15.3. The summed E-state index contributed by atoms with van der Waals surface area (Å²) in [7, 11) is 0. The smallest absolute Gasteiger partial charge is 0.291 e. The second-order valence-electron chi connectivity index (χ2n) is 26.7. The lowest BCUT2D eigenvalue weighted by Crippen LogP contribution is -2.61. The number of anilines is 6. The van der Waals surface area contributed by atoms with Crippen molar-refractivity contribution in [1.82, 2.24) is 0 Å². The predicted molar refractivity (Wildman–Crippen MR) is 308 cm³/mol. The molecule has 370 valence electrons. The van der Waals surface area contributed by atoms with E-state index in [-0.39, 0.29) is 44.8 Å². The summed E-state index contributed by atoms with van der Waals surface area (Å²) in [5.74, 6) is -3.14. The zero-order chi connectivity index (χ0) is 51.6. The highest BCUT2D eigenvalue weighted by molar-refractivity contribution is 7.33. The van der Waals surface area contributed by atoms with Gasteiger partial charge >= 0.3 is 0 Å². The molecule has 6 aromatic carbocycles. The zero-order valence-corrected chi connectivity index (χ0v) is 46.4. The summed E-state index contributed by atoms with van der Waals surface area (Å²) in [6.45, 7) is 38.9. The number of aryl methyl sites for hydroxylation is 1. The van der Waals surface area contributed by atoms with Crippen molar-refractivity contribution in [2.45, 2.75) is 168 Å². The predicted octanol–water partition coefficient (Wildman–Crippen LogP) is 17.5. The van der Waals surface area contributed by atoms with Crippen LogP contribution in [-0.2, 0) is 38.4 Å². The molecule has 0 spiro atoms. The number of alkyl halides is 2. The number of thiophene rings is 1. The Labute approximate surface area is 433 Å². The Kier molecular flexibility index (Phi) is 10.7. The van der Waals surface area contributed by atoms with E-state index in [1.54, 1.807) is 12.1 Å². The molecule has 2 aliphatic heterocycles. The highest BCUT2D eigenvalue weighted by Crippen LogP contribution is 2.56. The van der Waals surface area contributed by atoms with E-state index in [2.05, 4.69) is 199 Å². The quantitative estimate of drug-likeness (QED) is 0.125. The molecule has 0 amide bonds. The van der Waals surface area contributed by atoms with Crippen LogP contribution in [0, 0.1) is 6.92 Å². The SMILES string of the molecule is C=CC(F)(F)c1ccc(-c2cc3c(cc2N2c4cc5c(cc4B4c6sc7ccc(C(C)(C)C)cc7c6N(c6ccc(C(C)(C)C)cc6)c6cc(C)cc2c64)C(C)(C)CCC5(C)C)C(C)(C)CCC3(C)C)cc1. The minimum atomic E-state index is -3.14. The van der Waals surface area contributed by atoms with Crippen LogP contribution in [0.25, 0.3) is 21.2 Å². The van der Waals surface area contributed by atoms with Crippen molar-refractivity contribution in [2.24, 2.45) is 0 Å². The van der Waals surface area contributed by atoms with Gasteiger partial charge in [0.15, 0.2) is 0 Å². The Morgan fingerprint density at radius 3 is 1.58 bits per heavy atom. The summed E-state index contributed by atoms with van der Waals surface area (Å²) < 4.78 is 33.2. The van der Waals surface area contributed by atoms with Gasteiger partial charge < -0.3 is 9.80 Å². The molecule has 0 atom stereocenters. The van der Waals surface area contributed by atoms with E-state index in [0.717, 1.165) is 54.3 Å². The first-order valence-corrected chi connectivity index (χ1v) is 27.3. The van der Waals surface area contributed by atoms with Crippen LogP contribution in [0.2, 0.25) is 0 Å². The monoisotopic (exact) mass is 975 g/mol. The maximum atomic E-state index is 15.3. The highest BCUT2D eigenvalue weighted by atomic mass is 32.1. The number of fused-ring (bicyclic) bond motifs is 8. The molecule has 0 saturated heterocycles. The molecule has 11 rings (SSSR count). The summed E-state index contributed by atoms with van der Waals surface area (Å²) in [6.07, 6.45) is 5.10. The Hall–Kier alpha value is -5.46. The molecule has 6 heteroatoms. The van der Waals surface area contributed by atoms with Gasteiger partial charge in [-0.25, -0.2) is 0 Å². The molecule has 2 nitrogen and oxygen atoms in total. The third kappa shape index (κ3) is 7.49. The van der Waals surface area contributed by atoms with Crippen LogP contribution < -0.4 is 25.5 Å². The van der Waals surface area contributed by atoms with Crippen molar-refractivity contribution in [1.29, 1.82) is 0 Å². The van der Waals surface area contributed by atoms with Crippen LogP contribution in [-0.4, -0.2) is 6.71 Å². The molecule has 0 unspecified atom stereocenters. The molecule has 1 aromatic heterocycles. The van der Waals surface area contributed by atoms with Crippen LogP contribution >= 0.6 is 11.3 Å². The van der Waals surface area contributed by atoms with E-state index in [1.807, 2.05) is 23.5 Å². The lowest BCUT2D eigenvalue weighted by molar-refractivity contribution is 0.0525. The molecule has 2 aliphatic carbocycles. The van der Waals surface area contributed by atoms with Gasteiger partial charge in [0.05, 0.1) is 11.4 Å². The lowest BCUT2D eigenvalue weighted by Gasteiger charge is -2.48. The van der Waals surface area contributed by atoms with Crippen molar-refractivity contribution in [2.75, 3.05) is 9.80 Å². The normalized spacial score (nSPS) is 18.3. The molecule has 0 N–H and O–H groups in total. The molecule has 7 aromatic rings. The Morgan fingerprint density at radius 2 is 1.04 bits per heavy atom. The molecule has 0 fully saturated rings. The number of rotatable bonds is 5. The van der Waals surface area contributed by atoms with Gasteiger partial charge in [-0.05, 0) is 181 Å². The second kappa shape index (κ2) is 15.8. The van der Waals surface area contributed by atoms with E-state index in [9.17, 15) is 0 Å². The fraction of sp³-hybridized carbons (Fsp3) is 0.394. The number of halogens is 2. The molecule has 0 saturated carbocycles. The number of hydrogen-bond acceptors (Lipinski definition) is 3. The number of allylic oxidation sites excluding steroid dienone is 1. The summed E-state index contributed by atoms with van der Waals surface area (Å²) in [6, 6.07) is 38.6. The summed E-state index contributed by atoms with van der Waals surface area (Å²) >= 11 is 1.96. The number of benzene rings is 6. The van der Waals surface area contributed by atoms with Gasteiger partial charge in [0.25, 0.3) is 12.6 Å². The van der Waals surface area contributed by atoms with E-state index in [4.69, 9.17) is 0 Å². The molecule has 4 aliphatic rings. The second-order valence-corrected chi connectivity index (χ2v) is 27.8. The fourth-order valence-corrected chi connectivity index (χ4v) is 14.1. The summed E-state index contributed by atoms with van der Waals surface area (Å²) in [4.78, 5) is 5.22. The topological polar surface area (TPSA) is 6.48 Å². The van der Waals surface area contributed by atoms with Crippen molar-refractivity contribution in [3.05, 3.63) is 160 Å². The Balaban J connectivity index is 1.29. The first-order chi connectivity index (χ1) is 33.5. The minimum absolute atomic E-state index is 0.00474. The van der Waals surface area contributed by atoms with Crippen LogP contribution in [0.5, 0.6) is 0 Å². The van der Waals surface area contributed by atoms with Gasteiger partial charge in [-0.3, -0.25) is 0 Å². The largest absolute Gasteiger partial charge is 0.311 e. The highest BCUT2D eigenvalue weighted by Gasteiger charge is 2.49. The Morgan fingerprint density at radius 1 is 0.556 bits per heavy atom. The van der Waals surface area contributed by atoms with Gasteiger partial charge in [0, 0.05) is 48.7 Å². The van der Waals surface area contributed by atoms with Gasteiger partial charge in [-0.2, -0.15) is 8.78 Å². The fourth-order valence-electron chi connectivity index (χ4n) is 12.8. The zero-order valence-electron chi connectivity index (χ0n) is 45.6. The van der Waals surface area contributed by atoms with Gasteiger partial charge in [0.2, 0.25) is 0 Å². The average molecular weight is 975 g/mol. The van der Waals surface area contributed by atoms with Crippen molar-refractivity contribution < 1.29 is 8.78 Å². The standard InChI is InChI=1S/C66H73BF2N2S/c1-17-66(68,69)42-20-18-40(19-21-42)45-35-47-49(64(13,14)30-28-62(47,9)10)37-52(45)71-53-38-50-48(63(11,12)29-31-65(50,15)16)36-51(53)67-57-54(32-39(2)33-55(57)71)70(44-25-22-41(23-26-44)60(3,4)5)58-46-34-43(61(6,7)8)24-27-56(46)72-59(58)67/h17-27,32-38H,1,28-31H2,2-16H3. The van der Waals surface area contributed by atoms with E-state index < -0.39 is 5.92 Å². The van der Waals surface area contributed by atoms with Crippen molar-refractivity contribution in [3.8, 4) is 11.1 Å². The van der Waals surface area contributed by atoms with E-state index in [0.29, 0.717) is 0 Å². The van der Waals surface area contributed by atoms with Crippen LogP contribution in [0.1, 0.15) is 167 Å². The summed E-state index contributed by atoms with van der Waals surface area (Å²) in [5, 5.41) is 1.30. The van der Waals surface area contributed by atoms with E-state index in [1.165, 1.54) is 87.5 Å². The van der Waals surface area contributed by atoms with Crippen LogP contribution in [0.3, 0.4) is 0 Å². The van der Waals surface area contributed by atoms with Gasteiger partial charge in [0.1, 0.15) is 0 Å². The van der Waals surface area contributed by atoms with Crippen LogP contribution in [0.15, 0.2) is 116 Å². The molecule has 0 radical (unpaired) electrons. The lowest BCUT2D eigenvalue weighted by atomic mass is 9.35. The van der Waals surface area contributed by atoms with Crippen molar-refractivity contribution >= 4 is 78.0 Å². The number of hydrogen-bond donors (Lipinski definition) is 0. The summed E-state index contributed by atoms with van der Waals surface area (Å²) in [5.41, 5.74) is 20.8. The average Bonchev–Trinajstić information content (AvgIpc) is 3.69. The van der Waals surface area contributed by atoms with Crippen LogP contribution in [0.4, 0.5) is 42.9 Å². The molecular formula is C66H73BF2N2S. The molecule has 3 heterocycles. The van der Waals surface area contributed by atoms with E-state index >= 15 is 8.78 Å². The van der Waals surface area contributed by atoms with Crippen molar-refractivity contribution in [3.63, 3.8) is 0 Å². The third-order valence-corrected chi connectivity index (χ3v) is 18.9. The molecular weight excluding hydrogens is 902 g/mol. The van der Waals surface area contributed by atoms with Gasteiger partial charge in [-0.1, -0.05) is 152 Å². The third-order valence-electron chi connectivity index (χ3n) is 17.7. The van der Waals surface area contributed by atoms with Gasteiger partial charge in [-0.15, -0.1) is 11.3 Å².